The van der Waals surface area contributed by atoms with Crippen LogP contribution in [0.2, 0.25) is 0 Å². The molecular formula is C23H21FN6O3. The highest BCUT2D eigenvalue weighted by Crippen LogP contribution is 2.31. The van der Waals surface area contributed by atoms with Crippen molar-refractivity contribution in [2.45, 2.75) is 31.8 Å². The van der Waals surface area contributed by atoms with Crippen molar-refractivity contribution in [3.63, 3.8) is 0 Å². The van der Waals surface area contributed by atoms with Crippen molar-refractivity contribution in [2.75, 3.05) is 13.1 Å². The fourth-order valence-corrected chi connectivity index (χ4v) is 4.40. The molecule has 2 aliphatic heterocycles. The first-order valence-corrected chi connectivity index (χ1v) is 10.7. The van der Waals surface area contributed by atoms with Crippen LogP contribution in [0, 0.1) is 5.82 Å². The van der Waals surface area contributed by atoms with Gasteiger partial charge in [-0.25, -0.2) is 14.4 Å². The minimum absolute atomic E-state index is 0.126. The summed E-state index contributed by atoms with van der Waals surface area (Å²) in [5.74, 6) is -0.475. The zero-order valence-electron chi connectivity index (χ0n) is 17.7. The lowest BCUT2D eigenvalue weighted by atomic mass is 10.0. The van der Waals surface area contributed by atoms with Crippen LogP contribution in [0.25, 0.3) is 0 Å². The third-order valence-electron chi connectivity index (χ3n) is 6.08. The Labute approximate surface area is 188 Å². The van der Waals surface area contributed by atoms with E-state index in [0.29, 0.717) is 48.6 Å². The number of halogens is 1. The standard InChI is InChI=1S/C23H21FN6O3/c24-15-5-3-14(4-6-15)22(32)29-11-7-17-16(13-29)21(31)28-20(27-17)19-2-1-10-30(19)23(33)18-12-25-8-9-26-18/h3-6,8-9,12,19H,1-2,7,10-11,13H2,(H,27,28,31)/t19-/m0/s1. The van der Waals surface area contributed by atoms with Gasteiger partial charge in [-0.05, 0) is 37.1 Å². The van der Waals surface area contributed by atoms with Crippen molar-refractivity contribution in [1.29, 1.82) is 0 Å². The molecule has 168 valence electrons. The number of nitrogens with one attached hydrogen (secondary N) is 1. The second kappa shape index (κ2) is 8.53. The van der Waals surface area contributed by atoms with Gasteiger partial charge in [-0.2, -0.15) is 0 Å². The normalized spacial score (nSPS) is 17.7. The molecule has 5 rings (SSSR count). The second-order valence-corrected chi connectivity index (χ2v) is 8.11. The Morgan fingerprint density at radius 1 is 1.09 bits per heavy atom. The fourth-order valence-electron chi connectivity index (χ4n) is 4.40. The summed E-state index contributed by atoms with van der Waals surface area (Å²) in [5, 5.41) is 0. The number of hydrogen-bond acceptors (Lipinski definition) is 6. The first-order valence-electron chi connectivity index (χ1n) is 10.7. The van der Waals surface area contributed by atoms with E-state index in [0.717, 1.165) is 6.42 Å². The average Bonchev–Trinajstić information content (AvgIpc) is 3.34. The van der Waals surface area contributed by atoms with Crippen molar-refractivity contribution < 1.29 is 14.0 Å². The molecule has 0 saturated carbocycles. The maximum absolute atomic E-state index is 13.2. The summed E-state index contributed by atoms with van der Waals surface area (Å²) in [6, 6.07) is 4.99. The van der Waals surface area contributed by atoms with E-state index < -0.39 is 5.82 Å². The summed E-state index contributed by atoms with van der Waals surface area (Å²) in [5.41, 5.74) is 1.37. The Bertz CT molecular complexity index is 1260. The molecule has 10 heteroatoms. The number of nitrogens with zero attached hydrogens (tertiary/aromatic N) is 5. The summed E-state index contributed by atoms with van der Waals surface area (Å²) in [4.78, 5) is 57.4. The number of aromatic nitrogens is 4. The number of carbonyl (C=O) groups is 2. The minimum atomic E-state index is -0.414. The molecule has 33 heavy (non-hydrogen) atoms. The van der Waals surface area contributed by atoms with Gasteiger partial charge in [0.1, 0.15) is 17.3 Å². The molecule has 2 aromatic heterocycles. The van der Waals surface area contributed by atoms with E-state index in [1.165, 1.54) is 42.9 Å². The maximum atomic E-state index is 13.2. The molecule has 1 aromatic carbocycles. The number of likely N-dealkylation sites (tertiary alicyclic amines) is 1. The Balaban J connectivity index is 1.38. The third kappa shape index (κ3) is 3.99. The molecule has 1 fully saturated rings. The van der Waals surface area contributed by atoms with Gasteiger partial charge in [-0.3, -0.25) is 19.4 Å². The van der Waals surface area contributed by atoms with Gasteiger partial charge < -0.3 is 14.8 Å². The number of aromatic amines is 1. The summed E-state index contributed by atoms with van der Waals surface area (Å²) in [6.07, 6.45) is 6.29. The molecule has 3 aromatic rings. The van der Waals surface area contributed by atoms with Crippen molar-refractivity contribution in [1.82, 2.24) is 29.7 Å². The lowest BCUT2D eigenvalue weighted by molar-refractivity contribution is 0.0712. The molecule has 2 amide bonds. The highest BCUT2D eigenvalue weighted by molar-refractivity contribution is 5.94. The first-order chi connectivity index (χ1) is 16.0. The van der Waals surface area contributed by atoms with Crippen LogP contribution in [0.1, 0.15) is 56.8 Å². The van der Waals surface area contributed by atoms with Crippen LogP contribution in [-0.4, -0.2) is 54.6 Å². The SMILES string of the molecule is O=C(c1ccc(F)cc1)N1CCc2nc([C@@H]3CCCN3C(=O)c3cnccn3)[nH]c(=O)c2C1. The molecular weight excluding hydrogens is 427 g/mol. The van der Waals surface area contributed by atoms with Crippen LogP contribution in [0.15, 0.2) is 47.7 Å². The lowest BCUT2D eigenvalue weighted by Crippen LogP contribution is -2.40. The van der Waals surface area contributed by atoms with Gasteiger partial charge in [0.05, 0.1) is 30.0 Å². The van der Waals surface area contributed by atoms with Crippen LogP contribution >= 0.6 is 0 Å². The minimum Gasteiger partial charge on any atom is -0.334 e. The number of carbonyl (C=O) groups excluding carboxylic acids is 2. The smallest absolute Gasteiger partial charge is 0.274 e. The number of rotatable bonds is 3. The van der Waals surface area contributed by atoms with Crippen LogP contribution in [0.3, 0.4) is 0 Å². The molecule has 0 radical (unpaired) electrons. The van der Waals surface area contributed by atoms with E-state index >= 15 is 0 Å². The molecule has 4 heterocycles. The zero-order chi connectivity index (χ0) is 22.9. The summed E-state index contributed by atoms with van der Waals surface area (Å²) >= 11 is 0. The van der Waals surface area contributed by atoms with E-state index in [2.05, 4.69) is 19.9 Å². The van der Waals surface area contributed by atoms with Gasteiger partial charge >= 0.3 is 0 Å². The Kier molecular flexibility index (Phi) is 5.41. The number of fused-ring (bicyclic) bond motifs is 1. The molecule has 1 N–H and O–H groups in total. The van der Waals surface area contributed by atoms with Crippen molar-refractivity contribution in [3.05, 3.63) is 87.4 Å². The summed E-state index contributed by atoms with van der Waals surface area (Å²) in [7, 11) is 0. The van der Waals surface area contributed by atoms with E-state index in [1.807, 2.05) is 0 Å². The van der Waals surface area contributed by atoms with Gasteiger partial charge in [-0.15, -0.1) is 0 Å². The Morgan fingerprint density at radius 3 is 2.67 bits per heavy atom. The number of H-pyrrole nitrogens is 1. The quantitative estimate of drug-likeness (QED) is 0.655. The molecule has 9 nitrogen and oxygen atoms in total. The van der Waals surface area contributed by atoms with Crippen molar-refractivity contribution in [3.8, 4) is 0 Å². The van der Waals surface area contributed by atoms with Crippen molar-refractivity contribution >= 4 is 11.8 Å². The number of amides is 2. The molecule has 0 unspecified atom stereocenters. The van der Waals surface area contributed by atoms with Crippen LogP contribution < -0.4 is 5.56 Å². The predicted molar refractivity (Wildman–Crippen MR) is 115 cm³/mol. The Morgan fingerprint density at radius 2 is 1.91 bits per heavy atom. The van der Waals surface area contributed by atoms with Gasteiger partial charge in [0.2, 0.25) is 0 Å². The van der Waals surface area contributed by atoms with Gasteiger partial charge in [-0.1, -0.05) is 0 Å². The number of benzene rings is 1. The van der Waals surface area contributed by atoms with Crippen molar-refractivity contribution in [2.24, 2.45) is 0 Å². The van der Waals surface area contributed by atoms with E-state index in [4.69, 9.17) is 0 Å². The monoisotopic (exact) mass is 448 g/mol. The molecule has 0 aliphatic carbocycles. The summed E-state index contributed by atoms with van der Waals surface area (Å²) < 4.78 is 13.2. The fraction of sp³-hybridized carbons (Fsp3) is 0.304. The third-order valence-corrected chi connectivity index (χ3v) is 6.08. The molecule has 1 saturated heterocycles. The molecule has 1 atom stereocenters. The van der Waals surface area contributed by atoms with E-state index in [-0.39, 0.29) is 35.7 Å². The zero-order valence-corrected chi connectivity index (χ0v) is 17.7. The highest BCUT2D eigenvalue weighted by Gasteiger charge is 2.34. The van der Waals surface area contributed by atoms with Gasteiger partial charge in [0.25, 0.3) is 17.4 Å². The van der Waals surface area contributed by atoms with Gasteiger partial charge in [0, 0.05) is 37.5 Å². The predicted octanol–water partition coefficient (Wildman–Crippen LogP) is 1.87. The van der Waals surface area contributed by atoms with Gasteiger partial charge in [0.15, 0.2) is 0 Å². The van der Waals surface area contributed by atoms with E-state index in [9.17, 15) is 18.8 Å². The molecule has 0 spiro atoms. The Hall–Kier alpha value is -3.95. The average molecular weight is 448 g/mol. The van der Waals surface area contributed by atoms with Crippen LogP contribution in [0.4, 0.5) is 4.39 Å². The largest absolute Gasteiger partial charge is 0.334 e. The van der Waals surface area contributed by atoms with Crippen LogP contribution in [0.5, 0.6) is 0 Å². The van der Waals surface area contributed by atoms with E-state index in [1.54, 1.807) is 9.80 Å². The first kappa shape index (κ1) is 20.9. The number of hydrogen-bond donors (Lipinski definition) is 1. The lowest BCUT2D eigenvalue weighted by Gasteiger charge is -2.29. The van der Waals surface area contributed by atoms with Crippen LogP contribution in [-0.2, 0) is 13.0 Å². The topological polar surface area (TPSA) is 112 Å². The molecule has 0 bridgehead atoms. The molecule has 2 aliphatic rings. The summed E-state index contributed by atoms with van der Waals surface area (Å²) in [6.45, 7) is 1.06. The maximum Gasteiger partial charge on any atom is 0.274 e. The highest BCUT2D eigenvalue weighted by atomic mass is 19.1. The second-order valence-electron chi connectivity index (χ2n) is 8.11.